The van der Waals surface area contributed by atoms with Gasteiger partial charge in [-0.2, -0.15) is 11.8 Å². The van der Waals surface area contributed by atoms with Gasteiger partial charge in [-0.3, -0.25) is 4.79 Å². The molecule has 1 fully saturated rings. The first kappa shape index (κ1) is 13.8. The SMILES string of the molecule is CSCCCC(=O)N1CCCC(C(C)O)C1. The fraction of sp³-hybridized carbons (Fsp3) is 0.917. The molecule has 1 saturated heterocycles. The van der Waals surface area contributed by atoms with Crippen molar-refractivity contribution in [3.63, 3.8) is 0 Å². The number of amides is 1. The average molecular weight is 245 g/mol. The molecule has 1 N–H and O–H groups in total. The molecule has 0 aliphatic carbocycles. The summed E-state index contributed by atoms with van der Waals surface area (Å²) in [7, 11) is 0. The number of aliphatic hydroxyl groups excluding tert-OH is 1. The van der Waals surface area contributed by atoms with Gasteiger partial charge in [0.05, 0.1) is 6.10 Å². The highest BCUT2D eigenvalue weighted by Gasteiger charge is 2.25. The fourth-order valence-corrected chi connectivity index (χ4v) is 2.59. The molecule has 0 spiro atoms. The van der Waals surface area contributed by atoms with Crippen molar-refractivity contribution in [3.8, 4) is 0 Å². The van der Waals surface area contributed by atoms with Crippen molar-refractivity contribution < 1.29 is 9.90 Å². The molecule has 16 heavy (non-hydrogen) atoms. The lowest BCUT2D eigenvalue weighted by Crippen LogP contribution is -2.42. The van der Waals surface area contributed by atoms with Gasteiger partial charge in [0.2, 0.25) is 5.91 Å². The number of hydrogen-bond donors (Lipinski definition) is 1. The van der Waals surface area contributed by atoms with Gasteiger partial charge in [0.15, 0.2) is 0 Å². The van der Waals surface area contributed by atoms with Crippen LogP contribution in [0.3, 0.4) is 0 Å². The Bertz CT molecular complexity index is 221. The Kier molecular flexibility index (Phi) is 6.21. The van der Waals surface area contributed by atoms with Crippen molar-refractivity contribution in [2.45, 2.75) is 38.7 Å². The van der Waals surface area contributed by atoms with E-state index in [2.05, 4.69) is 6.26 Å². The Labute approximate surface area is 103 Å². The number of carbonyl (C=O) groups is 1. The van der Waals surface area contributed by atoms with E-state index in [0.717, 1.165) is 38.1 Å². The largest absolute Gasteiger partial charge is 0.393 e. The van der Waals surface area contributed by atoms with Gasteiger partial charge in [0.1, 0.15) is 0 Å². The molecular weight excluding hydrogens is 222 g/mol. The van der Waals surface area contributed by atoms with Crippen molar-refractivity contribution in [2.75, 3.05) is 25.1 Å². The van der Waals surface area contributed by atoms with Gasteiger partial charge in [0.25, 0.3) is 0 Å². The Morgan fingerprint density at radius 3 is 3.00 bits per heavy atom. The van der Waals surface area contributed by atoms with Crippen molar-refractivity contribution in [3.05, 3.63) is 0 Å². The maximum Gasteiger partial charge on any atom is 0.222 e. The minimum atomic E-state index is -0.290. The smallest absolute Gasteiger partial charge is 0.222 e. The third kappa shape index (κ3) is 4.34. The predicted octanol–water partition coefficient (Wildman–Crippen LogP) is 1.75. The summed E-state index contributed by atoms with van der Waals surface area (Å²) in [5.74, 6) is 1.59. The fourth-order valence-electron chi connectivity index (χ4n) is 2.16. The minimum absolute atomic E-state index is 0.263. The number of carbonyl (C=O) groups excluding carboxylic acids is 1. The van der Waals surface area contributed by atoms with Crippen LogP contribution < -0.4 is 0 Å². The van der Waals surface area contributed by atoms with Gasteiger partial charge < -0.3 is 10.0 Å². The highest BCUT2D eigenvalue weighted by atomic mass is 32.2. The predicted molar refractivity (Wildman–Crippen MR) is 68.6 cm³/mol. The van der Waals surface area contributed by atoms with Gasteiger partial charge in [0, 0.05) is 25.4 Å². The summed E-state index contributed by atoms with van der Waals surface area (Å²) in [6.45, 7) is 3.45. The summed E-state index contributed by atoms with van der Waals surface area (Å²) in [6, 6.07) is 0. The van der Waals surface area contributed by atoms with Crippen LogP contribution in [-0.4, -0.2) is 47.1 Å². The van der Waals surface area contributed by atoms with Gasteiger partial charge in [-0.15, -0.1) is 0 Å². The molecule has 94 valence electrons. The molecule has 3 nitrogen and oxygen atoms in total. The second-order valence-corrected chi connectivity index (χ2v) is 5.56. The van der Waals surface area contributed by atoms with Crippen molar-refractivity contribution in [1.29, 1.82) is 0 Å². The Morgan fingerprint density at radius 1 is 1.62 bits per heavy atom. The maximum atomic E-state index is 11.9. The van der Waals surface area contributed by atoms with Crippen molar-refractivity contribution in [1.82, 2.24) is 4.90 Å². The molecule has 0 aromatic heterocycles. The molecule has 0 bridgehead atoms. The molecule has 2 atom stereocenters. The lowest BCUT2D eigenvalue weighted by molar-refractivity contribution is -0.133. The molecule has 1 rings (SSSR count). The zero-order valence-corrected chi connectivity index (χ0v) is 11.1. The summed E-state index contributed by atoms with van der Waals surface area (Å²) < 4.78 is 0. The zero-order chi connectivity index (χ0) is 12.0. The summed E-state index contributed by atoms with van der Waals surface area (Å²) >= 11 is 1.78. The van der Waals surface area contributed by atoms with E-state index in [1.54, 1.807) is 11.8 Å². The van der Waals surface area contributed by atoms with Crippen molar-refractivity contribution >= 4 is 17.7 Å². The first-order chi connectivity index (χ1) is 7.65. The molecule has 1 amide bonds. The quantitative estimate of drug-likeness (QED) is 0.750. The summed E-state index contributed by atoms with van der Waals surface area (Å²) in [5, 5.41) is 9.55. The van der Waals surface area contributed by atoms with E-state index < -0.39 is 0 Å². The van der Waals surface area contributed by atoms with Crippen molar-refractivity contribution in [2.24, 2.45) is 5.92 Å². The van der Waals surface area contributed by atoms with Crippen LogP contribution in [-0.2, 0) is 4.79 Å². The molecular formula is C12H23NO2S. The standard InChI is InChI=1S/C12H23NO2S/c1-10(14)11-5-3-7-13(9-11)12(15)6-4-8-16-2/h10-11,14H,3-9H2,1-2H3. The minimum Gasteiger partial charge on any atom is -0.393 e. The van der Waals surface area contributed by atoms with E-state index in [0.29, 0.717) is 6.42 Å². The lowest BCUT2D eigenvalue weighted by atomic mass is 9.93. The number of aliphatic hydroxyl groups is 1. The summed E-state index contributed by atoms with van der Waals surface area (Å²) in [5.41, 5.74) is 0. The number of nitrogens with zero attached hydrogens (tertiary/aromatic N) is 1. The van der Waals surface area contributed by atoms with Crippen LogP contribution in [0, 0.1) is 5.92 Å². The number of hydrogen-bond acceptors (Lipinski definition) is 3. The van der Waals surface area contributed by atoms with E-state index in [1.807, 2.05) is 11.8 Å². The zero-order valence-electron chi connectivity index (χ0n) is 10.3. The van der Waals surface area contributed by atoms with E-state index >= 15 is 0 Å². The molecule has 0 aromatic rings. The number of likely N-dealkylation sites (tertiary alicyclic amines) is 1. The van der Waals surface area contributed by atoms with Gasteiger partial charge in [-0.05, 0) is 38.2 Å². The van der Waals surface area contributed by atoms with Crippen LogP contribution in [0.4, 0.5) is 0 Å². The van der Waals surface area contributed by atoms with Crippen LogP contribution in [0.25, 0.3) is 0 Å². The third-order valence-corrected chi connectivity index (χ3v) is 3.93. The highest BCUT2D eigenvalue weighted by Crippen LogP contribution is 2.20. The van der Waals surface area contributed by atoms with E-state index in [1.165, 1.54) is 0 Å². The first-order valence-corrected chi connectivity index (χ1v) is 7.49. The first-order valence-electron chi connectivity index (χ1n) is 6.10. The van der Waals surface area contributed by atoms with Crippen LogP contribution in [0.1, 0.15) is 32.6 Å². The Morgan fingerprint density at radius 2 is 2.38 bits per heavy atom. The Hall–Kier alpha value is -0.220. The average Bonchev–Trinajstić information content (AvgIpc) is 2.29. The molecule has 0 aromatic carbocycles. The van der Waals surface area contributed by atoms with Crippen LogP contribution in [0.15, 0.2) is 0 Å². The van der Waals surface area contributed by atoms with Gasteiger partial charge in [-0.1, -0.05) is 0 Å². The van der Waals surface area contributed by atoms with E-state index in [4.69, 9.17) is 0 Å². The summed E-state index contributed by atoms with van der Waals surface area (Å²) in [4.78, 5) is 13.8. The monoisotopic (exact) mass is 245 g/mol. The molecule has 0 saturated carbocycles. The molecule has 4 heteroatoms. The van der Waals surface area contributed by atoms with Crippen LogP contribution in [0.2, 0.25) is 0 Å². The van der Waals surface area contributed by atoms with E-state index in [-0.39, 0.29) is 17.9 Å². The second-order valence-electron chi connectivity index (χ2n) is 4.58. The second kappa shape index (κ2) is 7.17. The third-order valence-electron chi connectivity index (χ3n) is 3.23. The number of rotatable bonds is 5. The topological polar surface area (TPSA) is 40.5 Å². The molecule has 1 heterocycles. The maximum absolute atomic E-state index is 11.9. The number of piperidine rings is 1. The molecule has 0 radical (unpaired) electrons. The lowest BCUT2D eigenvalue weighted by Gasteiger charge is -2.34. The number of thioether (sulfide) groups is 1. The summed E-state index contributed by atoms with van der Waals surface area (Å²) in [6.07, 6.45) is 5.48. The molecule has 2 unspecified atom stereocenters. The van der Waals surface area contributed by atoms with Gasteiger partial charge in [-0.25, -0.2) is 0 Å². The highest BCUT2D eigenvalue weighted by molar-refractivity contribution is 7.98. The molecule has 1 aliphatic heterocycles. The normalized spacial score (nSPS) is 23.2. The van der Waals surface area contributed by atoms with E-state index in [9.17, 15) is 9.90 Å². The van der Waals surface area contributed by atoms with Crippen LogP contribution in [0.5, 0.6) is 0 Å². The van der Waals surface area contributed by atoms with Gasteiger partial charge >= 0.3 is 0 Å². The molecule has 1 aliphatic rings. The Balaban J connectivity index is 2.32. The van der Waals surface area contributed by atoms with Crippen LogP contribution >= 0.6 is 11.8 Å².